The van der Waals surface area contributed by atoms with Gasteiger partial charge in [-0.15, -0.1) is 5.48 Å². The first kappa shape index (κ1) is 5.31. The van der Waals surface area contributed by atoms with Crippen molar-refractivity contribution in [1.82, 2.24) is 5.48 Å². The van der Waals surface area contributed by atoms with E-state index >= 15 is 0 Å². The summed E-state index contributed by atoms with van der Waals surface area (Å²) < 4.78 is 0. The summed E-state index contributed by atoms with van der Waals surface area (Å²) in [5.74, 6) is 0.690. The van der Waals surface area contributed by atoms with E-state index in [2.05, 4.69) is 5.48 Å². The number of hydrogen-bond acceptors (Lipinski definition) is 3. The van der Waals surface area contributed by atoms with E-state index in [9.17, 15) is 4.79 Å². The molecule has 0 spiro atoms. The van der Waals surface area contributed by atoms with Crippen LogP contribution >= 0.6 is 0 Å². The number of carbonyl (C=O) groups excluding carboxylic acids is 1. The standard InChI is InChI=1S/C5H7NO2/c1-4-2-5(7)3-6-8-4/h2,6H,3H2,1H3. The molecule has 0 unspecified atom stereocenters. The van der Waals surface area contributed by atoms with Crippen LogP contribution in [-0.4, -0.2) is 12.3 Å². The second-order valence-corrected chi connectivity index (χ2v) is 1.64. The predicted molar refractivity (Wildman–Crippen MR) is 27.9 cm³/mol. The number of hydrogen-bond donors (Lipinski definition) is 1. The molecule has 0 aromatic heterocycles. The third-order valence-corrected chi connectivity index (χ3v) is 0.844. The van der Waals surface area contributed by atoms with Gasteiger partial charge in [-0.2, -0.15) is 0 Å². The molecule has 0 bridgehead atoms. The van der Waals surface area contributed by atoms with E-state index < -0.39 is 0 Å². The van der Waals surface area contributed by atoms with Gasteiger partial charge in [-0.25, -0.2) is 0 Å². The average molecular weight is 113 g/mol. The van der Waals surface area contributed by atoms with Gasteiger partial charge < -0.3 is 4.84 Å². The van der Waals surface area contributed by atoms with Crippen molar-refractivity contribution in [2.75, 3.05) is 6.54 Å². The fourth-order valence-corrected chi connectivity index (χ4v) is 0.528. The highest BCUT2D eigenvalue weighted by atomic mass is 16.6. The quantitative estimate of drug-likeness (QED) is 0.480. The largest absolute Gasteiger partial charge is 0.413 e. The molecule has 0 aromatic rings. The van der Waals surface area contributed by atoms with E-state index in [1.165, 1.54) is 6.08 Å². The summed E-state index contributed by atoms with van der Waals surface area (Å²) in [5.41, 5.74) is 2.47. The lowest BCUT2D eigenvalue weighted by Gasteiger charge is -2.09. The van der Waals surface area contributed by atoms with E-state index in [1.807, 2.05) is 0 Å². The number of ketones is 1. The van der Waals surface area contributed by atoms with Crippen LogP contribution in [0.1, 0.15) is 6.92 Å². The smallest absolute Gasteiger partial charge is 0.176 e. The minimum atomic E-state index is 0.0637. The second kappa shape index (κ2) is 1.96. The average Bonchev–Trinajstić information content (AvgIpc) is 1.64. The van der Waals surface area contributed by atoms with Gasteiger partial charge in [-0.1, -0.05) is 0 Å². The van der Waals surface area contributed by atoms with Crippen molar-refractivity contribution in [3.8, 4) is 0 Å². The Morgan fingerprint density at radius 3 is 3.00 bits per heavy atom. The van der Waals surface area contributed by atoms with E-state index in [4.69, 9.17) is 4.84 Å². The van der Waals surface area contributed by atoms with Crippen LogP contribution < -0.4 is 5.48 Å². The van der Waals surface area contributed by atoms with Gasteiger partial charge in [0.2, 0.25) is 0 Å². The van der Waals surface area contributed by atoms with Crippen LogP contribution in [0.3, 0.4) is 0 Å². The molecule has 1 aliphatic rings. The van der Waals surface area contributed by atoms with E-state index in [0.717, 1.165) is 0 Å². The molecule has 0 fully saturated rings. The molecule has 8 heavy (non-hydrogen) atoms. The first-order chi connectivity index (χ1) is 3.79. The van der Waals surface area contributed by atoms with Crippen LogP contribution in [0.15, 0.2) is 11.8 Å². The maximum atomic E-state index is 10.5. The fraction of sp³-hybridized carbons (Fsp3) is 0.400. The van der Waals surface area contributed by atoms with Crippen LogP contribution in [-0.2, 0) is 9.63 Å². The molecule has 1 heterocycles. The fourth-order valence-electron chi connectivity index (χ4n) is 0.528. The van der Waals surface area contributed by atoms with Crippen molar-refractivity contribution in [2.24, 2.45) is 0 Å². The van der Waals surface area contributed by atoms with Gasteiger partial charge >= 0.3 is 0 Å². The van der Waals surface area contributed by atoms with Crippen LogP contribution in [0.2, 0.25) is 0 Å². The summed E-state index contributed by atoms with van der Waals surface area (Å²) in [5, 5.41) is 0. The van der Waals surface area contributed by atoms with Gasteiger partial charge in [-0.05, 0) is 6.92 Å². The van der Waals surface area contributed by atoms with Gasteiger partial charge in [0.1, 0.15) is 5.76 Å². The Labute approximate surface area is 47.3 Å². The molecule has 0 saturated carbocycles. The summed E-state index contributed by atoms with van der Waals surface area (Å²) in [6.45, 7) is 2.02. The van der Waals surface area contributed by atoms with Crippen LogP contribution in [0, 0.1) is 0 Å². The monoisotopic (exact) mass is 113 g/mol. The van der Waals surface area contributed by atoms with Crippen molar-refractivity contribution in [3.05, 3.63) is 11.8 Å². The normalized spacial score (nSPS) is 19.6. The van der Waals surface area contributed by atoms with Crippen molar-refractivity contribution in [2.45, 2.75) is 6.92 Å². The Morgan fingerprint density at radius 1 is 1.88 bits per heavy atom. The molecule has 3 heteroatoms. The van der Waals surface area contributed by atoms with E-state index in [-0.39, 0.29) is 12.3 Å². The maximum absolute atomic E-state index is 10.5. The topological polar surface area (TPSA) is 38.3 Å². The molecule has 0 radical (unpaired) electrons. The van der Waals surface area contributed by atoms with Crippen LogP contribution in [0.25, 0.3) is 0 Å². The molecular formula is C5H7NO2. The Kier molecular flexibility index (Phi) is 1.30. The predicted octanol–water partition coefficient (Wildman–Crippen LogP) is -0.00590. The first-order valence-corrected chi connectivity index (χ1v) is 2.40. The molecule has 1 aliphatic heterocycles. The number of allylic oxidation sites excluding steroid dienone is 1. The second-order valence-electron chi connectivity index (χ2n) is 1.64. The van der Waals surface area contributed by atoms with Gasteiger partial charge in [-0.3, -0.25) is 4.79 Å². The minimum Gasteiger partial charge on any atom is -0.413 e. The Morgan fingerprint density at radius 2 is 2.62 bits per heavy atom. The zero-order chi connectivity index (χ0) is 5.98. The number of carbonyl (C=O) groups is 1. The summed E-state index contributed by atoms with van der Waals surface area (Å²) in [6.07, 6.45) is 1.47. The van der Waals surface area contributed by atoms with Crippen molar-refractivity contribution in [1.29, 1.82) is 0 Å². The van der Waals surface area contributed by atoms with Gasteiger partial charge in [0.05, 0.1) is 6.54 Å². The first-order valence-electron chi connectivity index (χ1n) is 2.40. The molecule has 1 rings (SSSR count). The Balaban J connectivity index is 2.64. The number of hydroxylamine groups is 1. The van der Waals surface area contributed by atoms with Gasteiger partial charge in [0.25, 0.3) is 0 Å². The maximum Gasteiger partial charge on any atom is 0.176 e. The lowest BCUT2D eigenvalue weighted by Crippen LogP contribution is -2.26. The van der Waals surface area contributed by atoms with E-state index in [1.54, 1.807) is 6.92 Å². The van der Waals surface area contributed by atoms with Gasteiger partial charge in [0.15, 0.2) is 5.78 Å². The molecule has 3 nitrogen and oxygen atoms in total. The van der Waals surface area contributed by atoms with Crippen LogP contribution in [0.5, 0.6) is 0 Å². The van der Waals surface area contributed by atoms with Crippen molar-refractivity contribution < 1.29 is 9.63 Å². The Bertz CT molecular complexity index is 139. The summed E-state index contributed by atoms with van der Waals surface area (Å²) in [4.78, 5) is 15.2. The number of nitrogens with one attached hydrogen (secondary N) is 1. The molecular weight excluding hydrogens is 106 g/mol. The highest BCUT2D eigenvalue weighted by Gasteiger charge is 2.04. The minimum absolute atomic E-state index is 0.0637. The summed E-state index contributed by atoms with van der Waals surface area (Å²) >= 11 is 0. The number of rotatable bonds is 0. The van der Waals surface area contributed by atoms with Crippen molar-refractivity contribution in [3.63, 3.8) is 0 Å². The molecule has 1 N–H and O–H groups in total. The Hall–Kier alpha value is -0.830. The lowest BCUT2D eigenvalue weighted by atomic mass is 10.3. The summed E-state index contributed by atoms with van der Waals surface area (Å²) in [7, 11) is 0. The highest BCUT2D eigenvalue weighted by molar-refractivity contribution is 5.92. The molecule has 0 atom stereocenters. The third kappa shape index (κ3) is 1.07. The van der Waals surface area contributed by atoms with Crippen molar-refractivity contribution >= 4 is 5.78 Å². The van der Waals surface area contributed by atoms with Gasteiger partial charge in [0, 0.05) is 6.08 Å². The lowest BCUT2D eigenvalue weighted by molar-refractivity contribution is -0.117. The van der Waals surface area contributed by atoms with E-state index in [0.29, 0.717) is 5.76 Å². The molecule has 0 aromatic carbocycles. The molecule has 0 amide bonds. The molecule has 0 saturated heterocycles. The van der Waals surface area contributed by atoms with Crippen LogP contribution in [0.4, 0.5) is 0 Å². The molecule has 44 valence electrons. The third-order valence-electron chi connectivity index (χ3n) is 0.844. The zero-order valence-corrected chi connectivity index (χ0v) is 4.60. The zero-order valence-electron chi connectivity index (χ0n) is 4.60. The summed E-state index contributed by atoms with van der Waals surface area (Å²) in [6, 6.07) is 0. The highest BCUT2D eigenvalue weighted by Crippen LogP contribution is 1.96. The molecule has 0 aliphatic carbocycles. The SMILES string of the molecule is CC1=CC(=O)CNO1.